The first kappa shape index (κ1) is 11.5. The van der Waals surface area contributed by atoms with E-state index in [0.717, 1.165) is 21.2 Å². The van der Waals surface area contributed by atoms with E-state index in [0.29, 0.717) is 5.78 Å². The van der Waals surface area contributed by atoms with E-state index in [1.54, 1.807) is 10.5 Å². The number of aromatic amines is 1. The van der Waals surface area contributed by atoms with E-state index >= 15 is 0 Å². The quantitative estimate of drug-likeness (QED) is 0.751. The number of rotatable bonds is 1. The fourth-order valence-electron chi connectivity index (χ4n) is 2.03. The fourth-order valence-corrected chi connectivity index (χ4v) is 2.38. The molecule has 0 aliphatic heterocycles. The molecule has 0 atom stereocenters. The van der Waals surface area contributed by atoms with Crippen LogP contribution in [-0.4, -0.2) is 14.4 Å². The Morgan fingerprint density at radius 2 is 2.11 bits per heavy atom. The van der Waals surface area contributed by atoms with E-state index in [9.17, 15) is 4.79 Å². The zero-order valence-corrected chi connectivity index (χ0v) is 11.7. The number of halogens is 1. The highest BCUT2D eigenvalue weighted by atomic mass is 79.9. The number of fused-ring (bicyclic) bond motifs is 3. The smallest absolute Gasteiger partial charge is 0.259 e. The molecule has 0 bridgehead atoms. The van der Waals surface area contributed by atoms with Gasteiger partial charge >= 0.3 is 0 Å². The van der Waals surface area contributed by atoms with Crippen LogP contribution < -0.4 is 5.56 Å². The van der Waals surface area contributed by atoms with E-state index in [4.69, 9.17) is 0 Å². The van der Waals surface area contributed by atoms with Crippen LogP contribution in [0.25, 0.3) is 16.8 Å². The second kappa shape index (κ2) is 3.95. The average molecular weight is 306 g/mol. The Balaban J connectivity index is 2.47. The lowest BCUT2D eigenvalue weighted by Crippen LogP contribution is -2.14. The summed E-state index contributed by atoms with van der Waals surface area (Å²) in [5.74, 6) is 0.869. The highest BCUT2D eigenvalue weighted by Crippen LogP contribution is 2.20. The van der Waals surface area contributed by atoms with Crippen LogP contribution in [0.4, 0.5) is 0 Å². The number of nitrogens with one attached hydrogen (secondary N) is 1. The summed E-state index contributed by atoms with van der Waals surface area (Å²) in [4.78, 5) is 19.8. The summed E-state index contributed by atoms with van der Waals surface area (Å²) in [7, 11) is 0. The molecule has 0 aliphatic rings. The molecule has 5 heteroatoms. The summed E-state index contributed by atoms with van der Waals surface area (Å²) in [6.45, 7) is 4.09. The Kier molecular flexibility index (Phi) is 2.52. The molecule has 1 N–H and O–H groups in total. The maximum atomic E-state index is 12.2. The molecule has 18 heavy (non-hydrogen) atoms. The van der Waals surface area contributed by atoms with Crippen molar-refractivity contribution in [3.05, 3.63) is 44.8 Å². The van der Waals surface area contributed by atoms with E-state index in [1.165, 1.54) is 0 Å². The van der Waals surface area contributed by atoms with Gasteiger partial charge in [-0.05, 0) is 24.1 Å². The Bertz CT molecular complexity index is 801. The number of aromatic nitrogens is 3. The van der Waals surface area contributed by atoms with Crippen molar-refractivity contribution in [2.75, 3.05) is 0 Å². The molecular formula is C13H12BrN3O. The van der Waals surface area contributed by atoms with Crippen LogP contribution in [0.15, 0.2) is 33.5 Å². The second-order valence-electron chi connectivity index (χ2n) is 4.62. The highest BCUT2D eigenvalue weighted by molar-refractivity contribution is 9.10. The standard InChI is InChI=1S/C13H12BrN3O/c1-7(2)10-6-12(18)17-11-5-8(14)3-4-9(11)15-13(17)16-10/h3-7H,1-2H3,(H,15,16). The molecule has 0 amide bonds. The number of nitrogens with zero attached hydrogens (tertiary/aromatic N) is 2. The topological polar surface area (TPSA) is 50.2 Å². The van der Waals surface area contributed by atoms with Gasteiger partial charge in [-0.1, -0.05) is 29.8 Å². The minimum absolute atomic E-state index is 0.0481. The van der Waals surface area contributed by atoms with Crippen molar-refractivity contribution in [1.82, 2.24) is 14.4 Å². The average Bonchev–Trinajstić information content (AvgIpc) is 2.66. The van der Waals surface area contributed by atoms with Crippen molar-refractivity contribution in [2.24, 2.45) is 0 Å². The van der Waals surface area contributed by atoms with Crippen molar-refractivity contribution in [3.63, 3.8) is 0 Å². The third-order valence-electron chi connectivity index (χ3n) is 2.99. The summed E-state index contributed by atoms with van der Waals surface area (Å²) in [6.07, 6.45) is 0. The van der Waals surface area contributed by atoms with Gasteiger partial charge in [0.15, 0.2) is 0 Å². The molecule has 92 valence electrons. The Morgan fingerprint density at radius 1 is 1.33 bits per heavy atom. The van der Waals surface area contributed by atoms with Gasteiger partial charge in [0, 0.05) is 16.2 Å². The van der Waals surface area contributed by atoms with Crippen molar-refractivity contribution < 1.29 is 0 Å². The summed E-state index contributed by atoms with van der Waals surface area (Å²) in [5.41, 5.74) is 2.48. The maximum Gasteiger partial charge on any atom is 0.259 e. The first-order valence-electron chi connectivity index (χ1n) is 5.77. The summed E-state index contributed by atoms with van der Waals surface area (Å²) in [5, 5.41) is 0. The number of hydrogen-bond acceptors (Lipinski definition) is 2. The molecule has 3 aromatic rings. The maximum absolute atomic E-state index is 12.2. The third-order valence-corrected chi connectivity index (χ3v) is 3.49. The lowest BCUT2D eigenvalue weighted by Gasteiger charge is -2.05. The summed E-state index contributed by atoms with van der Waals surface area (Å²) < 4.78 is 2.54. The zero-order valence-electron chi connectivity index (χ0n) is 10.1. The van der Waals surface area contributed by atoms with Gasteiger partial charge in [-0.15, -0.1) is 0 Å². The van der Waals surface area contributed by atoms with Crippen LogP contribution in [0.3, 0.4) is 0 Å². The van der Waals surface area contributed by atoms with E-state index < -0.39 is 0 Å². The molecule has 3 rings (SSSR count). The van der Waals surface area contributed by atoms with Gasteiger partial charge in [-0.2, -0.15) is 0 Å². The van der Waals surface area contributed by atoms with Crippen LogP contribution in [0.1, 0.15) is 25.5 Å². The van der Waals surface area contributed by atoms with E-state index in [2.05, 4.69) is 25.9 Å². The highest BCUT2D eigenvalue weighted by Gasteiger charge is 2.10. The number of hydrogen-bond donors (Lipinski definition) is 1. The minimum Gasteiger partial charge on any atom is -0.328 e. The molecule has 0 spiro atoms. The largest absolute Gasteiger partial charge is 0.328 e. The molecular weight excluding hydrogens is 294 g/mol. The Labute approximate surface area is 112 Å². The molecule has 2 heterocycles. The van der Waals surface area contributed by atoms with Crippen molar-refractivity contribution in [3.8, 4) is 0 Å². The zero-order chi connectivity index (χ0) is 12.9. The van der Waals surface area contributed by atoms with Gasteiger partial charge in [0.2, 0.25) is 5.78 Å². The molecule has 0 saturated heterocycles. The van der Waals surface area contributed by atoms with Gasteiger partial charge < -0.3 is 4.98 Å². The van der Waals surface area contributed by atoms with Crippen LogP contribution in [0, 0.1) is 0 Å². The van der Waals surface area contributed by atoms with E-state index in [-0.39, 0.29) is 11.5 Å². The van der Waals surface area contributed by atoms with Crippen LogP contribution in [0.5, 0.6) is 0 Å². The van der Waals surface area contributed by atoms with Crippen molar-refractivity contribution >= 4 is 32.7 Å². The molecule has 0 unspecified atom stereocenters. The molecule has 0 radical (unpaired) electrons. The van der Waals surface area contributed by atoms with Crippen molar-refractivity contribution in [2.45, 2.75) is 19.8 Å². The molecule has 2 aromatic heterocycles. The van der Waals surface area contributed by atoms with Gasteiger partial charge in [-0.25, -0.2) is 9.38 Å². The Hall–Kier alpha value is -1.62. The number of benzene rings is 1. The fraction of sp³-hybridized carbons (Fsp3) is 0.231. The molecule has 0 saturated carbocycles. The normalized spacial score (nSPS) is 11.8. The van der Waals surface area contributed by atoms with Gasteiger partial charge in [0.05, 0.1) is 11.0 Å². The molecule has 4 nitrogen and oxygen atoms in total. The van der Waals surface area contributed by atoms with Crippen molar-refractivity contribution in [1.29, 1.82) is 0 Å². The summed E-state index contributed by atoms with van der Waals surface area (Å²) >= 11 is 3.41. The SMILES string of the molecule is CC(C)c1cc(=O)n2c(nc3ccc(Br)cc32)[nH]1. The van der Waals surface area contributed by atoms with Crippen LogP contribution in [-0.2, 0) is 0 Å². The predicted octanol–water partition coefficient (Wildman–Crippen LogP) is 3.06. The summed E-state index contributed by atoms with van der Waals surface area (Å²) in [6, 6.07) is 7.36. The number of imidazole rings is 1. The molecule has 0 aliphatic carbocycles. The Morgan fingerprint density at radius 3 is 2.83 bits per heavy atom. The van der Waals surface area contributed by atoms with Gasteiger partial charge in [-0.3, -0.25) is 4.79 Å². The molecule has 1 aromatic carbocycles. The first-order valence-corrected chi connectivity index (χ1v) is 6.56. The predicted molar refractivity (Wildman–Crippen MR) is 75.1 cm³/mol. The monoisotopic (exact) mass is 305 g/mol. The lowest BCUT2D eigenvalue weighted by atomic mass is 10.1. The van der Waals surface area contributed by atoms with E-state index in [1.807, 2.05) is 32.0 Å². The molecule has 0 fully saturated rings. The van der Waals surface area contributed by atoms with Crippen LogP contribution in [0.2, 0.25) is 0 Å². The minimum atomic E-state index is -0.0481. The van der Waals surface area contributed by atoms with Gasteiger partial charge in [0.25, 0.3) is 5.56 Å². The lowest BCUT2D eigenvalue weighted by molar-refractivity contribution is 0.812. The second-order valence-corrected chi connectivity index (χ2v) is 5.54. The first-order chi connectivity index (χ1) is 8.56. The third kappa shape index (κ3) is 1.66. The van der Waals surface area contributed by atoms with Crippen LogP contribution >= 0.6 is 15.9 Å². The number of H-pyrrole nitrogens is 1. The van der Waals surface area contributed by atoms with Gasteiger partial charge in [0.1, 0.15) is 0 Å².